The van der Waals surface area contributed by atoms with Crippen molar-refractivity contribution in [2.24, 2.45) is 0 Å². The summed E-state index contributed by atoms with van der Waals surface area (Å²) in [5.74, 6) is -1.96. The first-order chi connectivity index (χ1) is 19.6. The average molecular weight is 586 g/mol. The molecule has 1 aromatic carbocycles. The molecule has 220 valence electrons. The molecule has 1 unspecified atom stereocenters. The summed E-state index contributed by atoms with van der Waals surface area (Å²) in [5.41, 5.74) is 4.56. The summed E-state index contributed by atoms with van der Waals surface area (Å²) in [6.07, 6.45) is 6.02. The summed E-state index contributed by atoms with van der Waals surface area (Å²) in [4.78, 5) is 25.8. The van der Waals surface area contributed by atoms with Gasteiger partial charge in [0.25, 0.3) is 5.91 Å². The van der Waals surface area contributed by atoms with Crippen molar-refractivity contribution in [1.29, 1.82) is 0 Å². The van der Waals surface area contributed by atoms with Crippen LogP contribution in [0.15, 0.2) is 36.7 Å². The van der Waals surface area contributed by atoms with Crippen LogP contribution < -0.4 is 15.0 Å². The number of piperidine rings is 1. The number of hydrogen-bond donors (Lipinski definition) is 1. The molecule has 10 heteroatoms. The molecular formula is C31H38ClF2N5O2. The molecule has 0 saturated carbocycles. The lowest BCUT2D eigenvalue weighted by Crippen LogP contribution is -2.48. The highest BCUT2D eigenvalue weighted by Crippen LogP contribution is 2.32. The number of aromatic nitrogens is 2. The van der Waals surface area contributed by atoms with Gasteiger partial charge < -0.3 is 19.9 Å². The highest BCUT2D eigenvalue weighted by atomic mass is 35.5. The third-order valence-corrected chi connectivity index (χ3v) is 8.20. The first-order valence-corrected chi connectivity index (χ1v) is 14.3. The van der Waals surface area contributed by atoms with Crippen LogP contribution in [0.2, 0.25) is 5.15 Å². The van der Waals surface area contributed by atoms with Crippen LogP contribution in [0.1, 0.15) is 58.9 Å². The Bertz CT molecular complexity index is 1330. The number of rotatable bonds is 10. The Hall–Kier alpha value is -3.30. The van der Waals surface area contributed by atoms with Gasteiger partial charge in [0.05, 0.1) is 18.4 Å². The van der Waals surface area contributed by atoms with Crippen LogP contribution in [-0.4, -0.2) is 59.6 Å². The number of carbonyl (C=O) groups excluding carboxylic acids is 1. The number of hydrogen-bond acceptors (Lipinski definition) is 6. The molecule has 1 atom stereocenters. The quantitative estimate of drug-likeness (QED) is 0.293. The van der Waals surface area contributed by atoms with Crippen LogP contribution in [0, 0.1) is 32.4 Å². The number of nitrogens with zero attached hydrogens (tertiary/aromatic N) is 4. The van der Waals surface area contributed by atoms with E-state index in [2.05, 4.69) is 32.0 Å². The van der Waals surface area contributed by atoms with Crippen molar-refractivity contribution in [1.82, 2.24) is 20.2 Å². The summed E-state index contributed by atoms with van der Waals surface area (Å²) in [5, 5.41) is 3.41. The van der Waals surface area contributed by atoms with Crippen molar-refractivity contribution in [3.63, 3.8) is 0 Å². The second kappa shape index (κ2) is 13.6. The van der Waals surface area contributed by atoms with E-state index in [1.807, 2.05) is 26.1 Å². The molecule has 41 heavy (non-hydrogen) atoms. The van der Waals surface area contributed by atoms with Crippen molar-refractivity contribution >= 4 is 23.2 Å². The van der Waals surface area contributed by atoms with Crippen molar-refractivity contribution in [2.45, 2.75) is 65.6 Å². The number of halogens is 3. The molecule has 7 nitrogen and oxygen atoms in total. The zero-order valence-electron chi connectivity index (χ0n) is 24.3. The van der Waals surface area contributed by atoms with Crippen LogP contribution in [-0.2, 0) is 6.54 Å². The minimum Gasteiger partial charge on any atom is -0.491 e. The molecular weight excluding hydrogens is 548 g/mol. The lowest BCUT2D eigenvalue weighted by molar-refractivity contribution is 0.0943. The second-order valence-electron chi connectivity index (χ2n) is 10.8. The number of carbonyl (C=O) groups is 1. The number of ether oxygens (including phenoxy) is 1. The Balaban J connectivity index is 1.39. The lowest BCUT2D eigenvalue weighted by Gasteiger charge is -2.42. The molecule has 1 aliphatic heterocycles. The molecule has 0 bridgehead atoms. The van der Waals surface area contributed by atoms with E-state index in [0.29, 0.717) is 35.2 Å². The Morgan fingerprint density at radius 1 is 1.17 bits per heavy atom. The fourth-order valence-electron chi connectivity index (χ4n) is 5.62. The van der Waals surface area contributed by atoms with E-state index in [9.17, 15) is 13.6 Å². The third kappa shape index (κ3) is 7.32. The maximum Gasteiger partial charge on any atom is 0.253 e. The Labute approximate surface area is 245 Å². The highest BCUT2D eigenvalue weighted by Gasteiger charge is 2.29. The second-order valence-corrected chi connectivity index (χ2v) is 11.1. The number of methoxy groups -OCH3 is 1. The van der Waals surface area contributed by atoms with Crippen LogP contribution in [0.4, 0.5) is 14.5 Å². The van der Waals surface area contributed by atoms with Gasteiger partial charge in [-0.15, -0.1) is 0 Å². The van der Waals surface area contributed by atoms with Gasteiger partial charge in [0.1, 0.15) is 5.15 Å². The van der Waals surface area contributed by atoms with E-state index < -0.39 is 11.6 Å². The maximum absolute atomic E-state index is 14.7. The Morgan fingerprint density at radius 3 is 2.46 bits per heavy atom. The lowest BCUT2D eigenvalue weighted by atomic mass is 9.98. The van der Waals surface area contributed by atoms with E-state index in [1.165, 1.54) is 19.2 Å². The first kappa shape index (κ1) is 30.7. The number of nitrogens with one attached hydrogen (secondary N) is 1. The van der Waals surface area contributed by atoms with Gasteiger partial charge >= 0.3 is 0 Å². The van der Waals surface area contributed by atoms with E-state index in [0.717, 1.165) is 49.0 Å². The summed E-state index contributed by atoms with van der Waals surface area (Å²) in [6.45, 7) is 10.5. The number of amides is 1. The number of likely N-dealkylation sites (tertiary alicyclic amines) is 1. The smallest absolute Gasteiger partial charge is 0.253 e. The summed E-state index contributed by atoms with van der Waals surface area (Å²) in [6, 6.07) is 6.69. The molecule has 0 radical (unpaired) electrons. The van der Waals surface area contributed by atoms with Crippen LogP contribution in [0.5, 0.6) is 5.75 Å². The topological polar surface area (TPSA) is 70.6 Å². The zero-order chi connectivity index (χ0) is 29.7. The van der Waals surface area contributed by atoms with Gasteiger partial charge in [-0.25, -0.2) is 13.8 Å². The van der Waals surface area contributed by atoms with Gasteiger partial charge in [-0.3, -0.25) is 9.78 Å². The van der Waals surface area contributed by atoms with Gasteiger partial charge in [0, 0.05) is 68.5 Å². The van der Waals surface area contributed by atoms with Gasteiger partial charge in [-0.2, -0.15) is 0 Å². The minimum absolute atomic E-state index is 0.0910. The molecule has 3 aromatic rings. The van der Waals surface area contributed by atoms with E-state index in [4.69, 9.17) is 16.3 Å². The number of aryl methyl sites for hydroxylation is 3. The highest BCUT2D eigenvalue weighted by molar-refractivity contribution is 6.29. The molecule has 1 amide bonds. The SMILES string of the molecule is COc1c(F)cc(N(Cc2cnccc2C)C2CCN(C(C)CCNC(=O)c3c(C)cc(Cl)nc3C)CC2)cc1F. The molecule has 3 heterocycles. The fourth-order valence-corrected chi connectivity index (χ4v) is 5.91. The van der Waals surface area contributed by atoms with Crippen molar-refractivity contribution < 1.29 is 18.3 Å². The number of benzene rings is 1. The zero-order valence-corrected chi connectivity index (χ0v) is 25.1. The summed E-state index contributed by atoms with van der Waals surface area (Å²) >= 11 is 6.00. The van der Waals surface area contributed by atoms with E-state index >= 15 is 0 Å². The monoisotopic (exact) mass is 585 g/mol. The van der Waals surface area contributed by atoms with E-state index in [-0.39, 0.29) is 23.7 Å². The number of pyridine rings is 2. The molecule has 1 fully saturated rings. The van der Waals surface area contributed by atoms with Crippen molar-refractivity contribution in [2.75, 3.05) is 31.6 Å². The first-order valence-electron chi connectivity index (χ1n) is 13.9. The normalized spacial score (nSPS) is 15.0. The standard InChI is InChI=1S/C31H38ClF2N5O2/c1-19-6-10-35-17-23(19)18-39(25-15-26(33)30(41-5)27(34)16-25)24-8-12-38(13-9-24)21(3)7-11-36-31(40)29-20(2)14-28(32)37-22(29)4/h6,10,14-17,21,24H,7-9,11-13,18H2,1-5H3,(H,36,40). The molecule has 4 rings (SSSR count). The Kier molecular flexibility index (Phi) is 10.1. The maximum atomic E-state index is 14.7. The van der Waals surface area contributed by atoms with Crippen LogP contribution in [0.3, 0.4) is 0 Å². The molecule has 1 saturated heterocycles. The molecule has 1 aliphatic rings. The largest absolute Gasteiger partial charge is 0.491 e. The van der Waals surface area contributed by atoms with Gasteiger partial charge in [-0.05, 0) is 75.8 Å². The van der Waals surface area contributed by atoms with Crippen LogP contribution in [0.25, 0.3) is 0 Å². The van der Waals surface area contributed by atoms with E-state index in [1.54, 1.807) is 19.2 Å². The molecule has 0 spiro atoms. The van der Waals surface area contributed by atoms with Gasteiger partial charge in [-0.1, -0.05) is 11.6 Å². The predicted octanol–water partition coefficient (Wildman–Crippen LogP) is 6.02. The van der Waals surface area contributed by atoms with Gasteiger partial charge in [0.2, 0.25) is 0 Å². The van der Waals surface area contributed by atoms with Gasteiger partial charge in [0.15, 0.2) is 17.4 Å². The number of anilines is 1. The van der Waals surface area contributed by atoms with Crippen LogP contribution >= 0.6 is 11.6 Å². The summed E-state index contributed by atoms with van der Waals surface area (Å²) < 4.78 is 34.3. The molecule has 0 aliphatic carbocycles. The van der Waals surface area contributed by atoms with Crippen molar-refractivity contribution in [3.8, 4) is 5.75 Å². The van der Waals surface area contributed by atoms with Crippen molar-refractivity contribution in [3.05, 3.63) is 81.4 Å². The Morgan fingerprint density at radius 2 is 1.85 bits per heavy atom. The minimum atomic E-state index is -0.719. The third-order valence-electron chi connectivity index (χ3n) is 8.01. The fraction of sp³-hybridized carbons (Fsp3) is 0.452. The molecule has 1 N–H and O–H groups in total. The average Bonchev–Trinajstić information content (AvgIpc) is 2.92. The summed E-state index contributed by atoms with van der Waals surface area (Å²) in [7, 11) is 1.26. The predicted molar refractivity (Wildman–Crippen MR) is 158 cm³/mol. The molecule has 2 aromatic heterocycles.